The van der Waals surface area contributed by atoms with Gasteiger partial charge in [0.05, 0.1) is 11.4 Å². The molecule has 140 valence electrons. The number of rotatable bonds is 5. The molecule has 0 aliphatic heterocycles. The molecule has 1 amide bonds. The number of fused-ring (bicyclic) bond motifs is 1. The normalized spacial score (nSPS) is 10.9. The number of carbonyl (C=O) groups is 1. The summed E-state index contributed by atoms with van der Waals surface area (Å²) in [5.41, 5.74) is 7.18. The molecule has 0 saturated heterocycles. The third kappa shape index (κ3) is 3.67. The minimum atomic E-state index is 0.00754. The van der Waals surface area contributed by atoms with Gasteiger partial charge in [-0.25, -0.2) is 4.98 Å². The van der Waals surface area contributed by atoms with Crippen molar-refractivity contribution in [1.82, 2.24) is 9.38 Å². The first-order valence-electron chi connectivity index (χ1n) is 9.50. The number of benzene rings is 2. The summed E-state index contributed by atoms with van der Waals surface area (Å²) in [7, 11) is 0. The number of carbonyl (C=O) groups excluding carboxylic acids is 1. The van der Waals surface area contributed by atoms with Gasteiger partial charge in [0.1, 0.15) is 5.65 Å². The fourth-order valence-electron chi connectivity index (χ4n) is 3.39. The van der Waals surface area contributed by atoms with E-state index in [9.17, 15) is 4.79 Å². The van der Waals surface area contributed by atoms with Gasteiger partial charge >= 0.3 is 0 Å². The van der Waals surface area contributed by atoms with Gasteiger partial charge in [-0.2, -0.15) is 0 Å². The summed E-state index contributed by atoms with van der Waals surface area (Å²) < 4.78 is 2.08. The van der Waals surface area contributed by atoms with Crippen molar-refractivity contribution in [3.8, 4) is 11.3 Å². The number of aryl methyl sites for hydroxylation is 3. The van der Waals surface area contributed by atoms with E-state index in [1.165, 1.54) is 11.1 Å². The van der Waals surface area contributed by atoms with E-state index in [-0.39, 0.29) is 5.91 Å². The summed E-state index contributed by atoms with van der Waals surface area (Å²) in [4.78, 5) is 17.3. The quantitative estimate of drug-likeness (QED) is 0.526. The van der Waals surface area contributed by atoms with E-state index >= 15 is 0 Å². The number of hydrogen-bond acceptors (Lipinski definition) is 2. The Morgan fingerprint density at radius 2 is 1.75 bits per heavy atom. The van der Waals surface area contributed by atoms with Gasteiger partial charge in [0, 0.05) is 23.9 Å². The summed E-state index contributed by atoms with van der Waals surface area (Å²) in [6, 6.07) is 22.1. The van der Waals surface area contributed by atoms with Crippen molar-refractivity contribution in [2.24, 2.45) is 0 Å². The molecule has 0 aliphatic rings. The maximum absolute atomic E-state index is 12.5. The van der Waals surface area contributed by atoms with Gasteiger partial charge in [0.25, 0.3) is 0 Å². The molecule has 4 nitrogen and oxygen atoms in total. The first-order valence-corrected chi connectivity index (χ1v) is 9.50. The molecular formula is C24H23N3O. The van der Waals surface area contributed by atoms with Crippen molar-refractivity contribution in [2.75, 3.05) is 5.32 Å². The standard InChI is InChI=1S/C24H23N3O/c1-17-11-12-20(16-18(17)2)25-23(28)14-13-21-24(19-8-4-3-5-9-19)26-22-10-6-7-15-27(21)22/h3-12,15-16H,13-14H2,1-2H3,(H,25,28). The highest BCUT2D eigenvalue weighted by molar-refractivity contribution is 5.91. The van der Waals surface area contributed by atoms with Crippen LogP contribution in [0.2, 0.25) is 0 Å². The molecule has 0 fully saturated rings. The number of pyridine rings is 1. The van der Waals surface area contributed by atoms with Gasteiger partial charge in [0.2, 0.25) is 5.91 Å². The molecule has 0 radical (unpaired) electrons. The third-order valence-electron chi connectivity index (χ3n) is 5.06. The Bertz CT molecular complexity index is 1130. The average Bonchev–Trinajstić information content (AvgIpc) is 3.08. The lowest BCUT2D eigenvalue weighted by Crippen LogP contribution is -2.13. The van der Waals surface area contributed by atoms with Crippen LogP contribution in [0.25, 0.3) is 16.9 Å². The Balaban J connectivity index is 1.57. The number of nitrogens with one attached hydrogen (secondary N) is 1. The van der Waals surface area contributed by atoms with Crippen molar-refractivity contribution < 1.29 is 4.79 Å². The molecule has 28 heavy (non-hydrogen) atoms. The van der Waals surface area contributed by atoms with Crippen LogP contribution in [0, 0.1) is 13.8 Å². The summed E-state index contributed by atoms with van der Waals surface area (Å²) in [5, 5.41) is 3.01. The minimum absolute atomic E-state index is 0.00754. The summed E-state index contributed by atoms with van der Waals surface area (Å²) in [6.45, 7) is 4.12. The minimum Gasteiger partial charge on any atom is -0.326 e. The molecule has 0 atom stereocenters. The lowest BCUT2D eigenvalue weighted by molar-refractivity contribution is -0.116. The highest BCUT2D eigenvalue weighted by Gasteiger charge is 2.15. The zero-order valence-electron chi connectivity index (χ0n) is 16.1. The van der Waals surface area contributed by atoms with Gasteiger partial charge in [-0.15, -0.1) is 0 Å². The van der Waals surface area contributed by atoms with Gasteiger partial charge in [-0.05, 0) is 55.7 Å². The predicted molar refractivity (Wildman–Crippen MR) is 113 cm³/mol. The van der Waals surface area contributed by atoms with Gasteiger partial charge in [-0.3, -0.25) is 4.79 Å². The number of hydrogen-bond donors (Lipinski definition) is 1. The molecule has 1 N–H and O–H groups in total. The SMILES string of the molecule is Cc1ccc(NC(=O)CCc2c(-c3ccccc3)nc3ccccn23)cc1C. The summed E-state index contributed by atoms with van der Waals surface area (Å²) in [5.74, 6) is 0.00754. The molecule has 4 heteroatoms. The first-order chi connectivity index (χ1) is 13.6. The van der Waals surface area contributed by atoms with Gasteiger partial charge in [0.15, 0.2) is 0 Å². The van der Waals surface area contributed by atoms with Crippen LogP contribution in [0.3, 0.4) is 0 Å². The second kappa shape index (κ2) is 7.69. The lowest BCUT2D eigenvalue weighted by atomic mass is 10.1. The van der Waals surface area contributed by atoms with Crippen molar-refractivity contribution in [3.05, 3.63) is 89.7 Å². The van der Waals surface area contributed by atoms with E-state index in [4.69, 9.17) is 4.98 Å². The molecule has 0 saturated carbocycles. The fraction of sp³-hybridized carbons (Fsp3) is 0.167. The maximum Gasteiger partial charge on any atom is 0.224 e. The molecule has 0 spiro atoms. The predicted octanol–water partition coefficient (Wildman–Crippen LogP) is 5.19. The number of amides is 1. The van der Waals surface area contributed by atoms with E-state index in [0.29, 0.717) is 12.8 Å². The maximum atomic E-state index is 12.5. The highest BCUT2D eigenvalue weighted by atomic mass is 16.1. The fourth-order valence-corrected chi connectivity index (χ4v) is 3.39. The molecule has 0 unspecified atom stereocenters. The summed E-state index contributed by atoms with van der Waals surface area (Å²) in [6.07, 6.45) is 3.02. The van der Waals surface area contributed by atoms with Crippen molar-refractivity contribution in [1.29, 1.82) is 0 Å². The second-order valence-corrected chi connectivity index (χ2v) is 7.05. The third-order valence-corrected chi connectivity index (χ3v) is 5.06. The Morgan fingerprint density at radius 1 is 0.964 bits per heavy atom. The molecule has 0 bridgehead atoms. The van der Waals surface area contributed by atoms with E-state index in [1.807, 2.05) is 60.8 Å². The number of imidazole rings is 1. The lowest BCUT2D eigenvalue weighted by Gasteiger charge is -2.09. The van der Waals surface area contributed by atoms with Gasteiger partial charge < -0.3 is 9.72 Å². The van der Waals surface area contributed by atoms with Crippen LogP contribution in [-0.4, -0.2) is 15.3 Å². The largest absolute Gasteiger partial charge is 0.326 e. The molecule has 0 aliphatic carbocycles. The van der Waals surface area contributed by atoms with Crippen LogP contribution in [0.4, 0.5) is 5.69 Å². The van der Waals surface area contributed by atoms with Crippen LogP contribution >= 0.6 is 0 Å². The highest BCUT2D eigenvalue weighted by Crippen LogP contribution is 2.25. The number of aromatic nitrogens is 2. The number of anilines is 1. The molecule has 2 heterocycles. The average molecular weight is 369 g/mol. The molecule has 2 aromatic carbocycles. The van der Waals surface area contributed by atoms with E-state index in [2.05, 4.69) is 35.7 Å². The van der Waals surface area contributed by atoms with Crippen LogP contribution in [0.15, 0.2) is 72.9 Å². The Kier molecular flexibility index (Phi) is 4.94. The van der Waals surface area contributed by atoms with E-state index in [0.717, 1.165) is 28.3 Å². The summed E-state index contributed by atoms with van der Waals surface area (Å²) >= 11 is 0. The van der Waals surface area contributed by atoms with Crippen LogP contribution in [-0.2, 0) is 11.2 Å². The van der Waals surface area contributed by atoms with Crippen molar-refractivity contribution in [3.63, 3.8) is 0 Å². The van der Waals surface area contributed by atoms with Crippen LogP contribution in [0.5, 0.6) is 0 Å². The van der Waals surface area contributed by atoms with E-state index < -0.39 is 0 Å². The van der Waals surface area contributed by atoms with E-state index in [1.54, 1.807) is 0 Å². The molecular weight excluding hydrogens is 346 g/mol. The monoisotopic (exact) mass is 369 g/mol. The zero-order chi connectivity index (χ0) is 19.5. The topological polar surface area (TPSA) is 46.4 Å². The Hall–Kier alpha value is -3.40. The smallest absolute Gasteiger partial charge is 0.224 e. The molecule has 2 aromatic heterocycles. The number of nitrogens with zero attached hydrogens (tertiary/aromatic N) is 2. The molecule has 4 aromatic rings. The second-order valence-electron chi connectivity index (χ2n) is 7.05. The molecule has 4 rings (SSSR count). The Labute approximate surface area is 164 Å². The first kappa shape index (κ1) is 18.0. The van der Waals surface area contributed by atoms with Gasteiger partial charge in [-0.1, -0.05) is 42.5 Å². The van der Waals surface area contributed by atoms with Crippen LogP contribution in [0.1, 0.15) is 23.2 Å². The van der Waals surface area contributed by atoms with Crippen LogP contribution < -0.4 is 5.32 Å². The van der Waals surface area contributed by atoms with Crippen molar-refractivity contribution >= 4 is 17.2 Å². The van der Waals surface area contributed by atoms with Crippen molar-refractivity contribution in [2.45, 2.75) is 26.7 Å². The zero-order valence-corrected chi connectivity index (χ0v) is 16.1. The Morgan fingerprint density at radius 3 is 2.54 bits per heavy atom.